The highest BCUT2D eigenvalue weighted by Crippen LogP contribution is 2.21. The molecule has 1 aliphatic heterocycles. The van der Waals surface area contributed by atoms with E-state index in [4.69, 9.17) is 4.74 Å². The van der Waals surface area contributed by atoms with Gasteiger partial charge in [-0.25, -0.2) is 13.2 Å². The summed E-state index contributed by atoms with van der Waals surface area (Å²) in [5, 5.41) is 2.78. The van der Waals surface area contributed by atoms with Gasteiger partial charge in [0.25, 0.3) is 15.9 Å². The molecule has 0 bridgehead atoms. The molecular weight excluding hydrogens is 396 g/mol. The Balaban J connectivity index is 1.75. The lowest BCUT2D eigenvalue weighted by Gasteiger charge is -2.14. The molecule has 8 nitrogen and oxygen atoms in total. The topological polar surface area (TPSA) is 111 Å². The van der Waals surface area contributed by atoms with Crippen molar-refractivity contribution in [3.05, 3.63) is 59.7 Å². The quantitative estimate of drug-likeness (QED) is 0.667. The second-order valence-corrected chi connectivity index (χ2v) is 8.19. The molecule has 29 heavy (non-hydrogen) atoms. The van der Waals surface area contributed by atoms with E-state index in [1.54, 1.807) is 18.2 Å². The first-order valence-electron chi connectivity index (χ1n) is 9.11. The number of hydrogen-bond acceptors (Lipinski definition) is 6. The Hall–Kier alpha value is -2.91. The molecule has 3 rings (SSSR count). The number of ether oxygens (including phenoxy) is 2. The highest BCUT2D eigenvalue weighted by atomic mass is 32.2. The van der Waals surface area contributed by atoms with Crippen LogP contribution in [0.2, 0.25) is 0 Å². The van der Waals surface area contributed by atoms with Crippen LogP contribution in [-0.2, 0) is 19.5 Å². The van der Waals surface area contributed by atoms with Crippen molar-refractivity contribution in [3.8, 4) is 0 Å². The summed E-state index contributed by atoms with van der Waals surface area (Å²) in [5.41, 5.74) is 0.606. The first-order chi connectivity index (χ1) is 13.9. The zero-order chi connectivity index (χ0) is 20.9. The molecule has 0 aromatic heterocycles. The Morgan fingerprint density at radius 3 is 2.52 bits per heavy atom. The van der Waals surface area contributed by atoms with Gasteiger partial charge in [-0.05, 0) is 49.2 Å². The van der Waals surface area contributed by atoms with Crippen LogP contribution in [0.15, 0.2) is 53.4 Å². The summed E-state index contributed by atoms with van der Waals surface area (Å²) >= 11 is 0. The van der Waals surface area contributed by atoms with Crippen LogP contribution in [0.5, 0.6) is 0 Å². The maximum absolute atomic E-state index is 12.7. The number of benzene rings is 2. The maximum Gasteiger partial charge on any atom is 0.337 e. The molecule has 2 N–H and O–H groups in total. The van der Waals surface area contributed by atoms with Crippen LogP contribution in [0.25, 0.3) is 0 Å². The van der Waals surface area contributed by atoms with Crippen LogP contribution in [0.3, 0.4) is 0 Å². The highest BCUT2D eigenvalue weighted by Gasteiger charge is 2.21. The largest absolute Gasteiger partial charge is 0.465 e. The van der Waals surface area contributed by atoms with Gasteiger partial charge in [0.05, 0.1) is 34.9 Å². The summed E-state index contributed by atoms with van der Waals surface area (Å²) < 4.78 is 38.0. The lowest BCUT2D eigenvalue weighted by atomic mass is 10.1. The molecule has 2 aromatic rings. The van der Waals surface area contributed by atoms with E-state index in [0.29, 0.717) is 13.2 Å². The van der Waals surface area contributed by atoms with E-state index in [-0.39, 0.29) is 33.7 Å². The Morgan fingerprint density at radius 1 is 1.14 bits per heavy atom. The predicted octanol–water partition coefficient (Wildman–Crippen LogP) is 2.18. The smallest absolute Gasteiger partial charge is 0.337 e. The number of amides is 1. The van der Waals surface area contributed by atoms with Crippen molar-refractivity contribution in [2.24, 2.45) is 0 Å². The van der Waals surface area contributed by atoms with Gasteiger partial charge in [-0.2, -0.15) is 0 Å². The van der Waals surface area contributed by atoms with Gasteiger partial charge in [-0.1, -0.05) is 12.1 Å². The van der Waals surface area contributed by atoms with E-state index in [1.165, 1.54) is 37.4 Å². The van der Waals surface area contributed by atoms with Crippen molar-refractivity contribution in [3.63, 3.8) is 0 Å². The van der Waals surface area contributed by atoms with Crippen LogP contribution in [-0.4, -0.2) is 46.7 Å². The van der Waals surface area contributed by atoms with Gasteiger partial charge in [0.1, 0.15) is 0 Å². The number of nitrogens with one attached hydrogen (secondary N) is 2. The number of sulfonamides is 1. The van der Waals surface area contributed by atoms with Gasteiger partial charge < -0.3 is 14.8 Å². The molecular formula is C20H22N2O6S. The zero-order valence-corrected chi connectivity index (χ0v) is 16.7. The van der Waals surface area contributed by atoms with Gasteiger partial charge in [0, 0.05) is 13.2 Å². The minimum Gasteiger partial charge on any atom is -0.465 e. The van der Waals surface area contributed by atoms with Crippen LogP contribution < -0.4 is 10.0 Å². The predicted molar refractivity (Wildman–Crippen MR) is 106 cm³/mol. The zero-order valence-electron chi connectivity index (χ0n) is 15.9. The third-order valence-corrected chi connectivity index (χ3v) is 5.90. The van der Waals surface area contributed by atoms with Crippen molar-refractivity contribution < 1.29 is 27.5 Å². The fourth-order valence-corrected chi connectivity index (χ4v) is 4.05. The van der Waals surface area contributed by atoms with E-state index >= 15 is 0 Å². The number of esters is 1. The summed E-state index contributed by atoms with van der Waals surface area (Å²) in [6.07, 6.45) is 1.83. The highest BCUT2D eigenvalue weighted by molar-refractivity contribution is 7.92. The number of carbonyl (C=O) groups is 2. The summed E-state index contributed by atoms with van der Waals surface area (Å²) in [4.78, 5) is 24.0. The Morgan fingerprint density at radius 2 is 1.86 bits per heavy atom. The van der Waals surface area contributed by atoms with E-state index in [1.807, 2.05) is 0 Å². The van der Waals surface area contributed by atoms with E-state index in [9.17, 15) is 18.0 Å². The van der Waals surface area contributed by atoms with Gasteiger partial charge in [-0.3, -0.25) is 9.52 Å². The van der Waals surface area contributed by atoms with Gasteiger partial charge in [0.15, 0.2) is 0 Å². The van der Waals surface area contributed by atoms with Crippen molar-refractivity contribution in [2.45, 2.75) is 23.8 Å². The normalized spacial score (nSPS) is 16.2. The van der Waals surface area contributed by atoms with Crippen LogP contribution >= 0.6 is 0 Å². The molecule has 154 valence electrons. The SMILES string of the molecule is COC(=O)c1ccc(S(=O)(=O)Nc2ccccc2C(=O)NCC2CCCO2)cc1. The van der Waals surface area contributed by atoms with Crippen molar-refractivity contribution in [2.75, 3.05) is 25.0 Å². The van der Waals surface area contributed by atoms with Gasteiger partial charge >= 0.3 is 5.97 Å². The lowest BCUT2D eigenvalue weighted by Crippen LogP contribution is -2.32. The van der Waals surface area contributed by atoms with Gasteiger partial charge in [0.2, 0.25) is 0 Å². The summed E-state index contributed by atoms with van der Waals surface area (Å²) in [7, 11) is -2.71. The lowest BCUT2D eigenvalue weighted by molar-refractivity contribution is 0.0600. The molecule has 0 spiro atoms. The molecule has 1 saturated heterocycles. The molecule has 1 atom stereocenters. The van der Waals surface area contributed by atoms with Crippen LogP contribution in [0.4, 0.5) is 5.69 Å². The molecule has 0 radical (unpaired) electrons. The number of methoxy groups -OCH3 is 1. The second-order valence-electron chi connectivity index (χ2n) is 6.51. The minimum atomic E-state index is -3.96. The van der Waals surface area contributed by atoms with E-state index < -0.39 is 16.0 Å². The third kappa shape index (κ3) is 5.12. The molecule has 1 heterocycles. The Bertz CT molecular complexity index is 982. The summed E-state index contributed by atoms with van der Waals surface area (Å²) in [5.74, 6) is -0.949. The fraction of sp³-hybridized carbons (Fsp3) is 0.300. The number of rotatable bonds is 7. The van der Waals surface area contributed by atoms with Crippen molar-refractivity contribution in [1.29, 1.82) is 0 Å². The number of hydrogen-bond donors (Lipinski definition) is 2. The van der Waals surface area contributed by atoms with E-state index in [0.717, 1.165) is 12.8 Å². The third-order valence-electron chi connectivity index (χ3n) is 4.52. The van der Waals surface area contributed by atoms with Gasteiger partial charge in [-0.15, -0.1) is 0 Å². The maximum atomic E-state index is 12.7. The standard InChI is InChI=1S/C20H22N2O6S/c1-27-20(24)14-8-10-16(11-9-14)29(25,26)22-18-7-3-2-6-17(18)19(23)21-13-15-5-4-12-28-15/h2-3,6-11,15,22H,4-5,12-13H2,1H3,(H,21,23). The average Bonchev–Trinajstić information content (AvgIpc) is 3.25. The van der Waals surface area contributed by atoms with Crippen molar-refractivity contribution in [1.82, 2.24) is 5.32 Å². The first-order valence-corrected chi connectivity index (χ1v) is 10.6. The molecule has 0 saturated carbocycles. The number of carbonyl (C=O) groups excluding carboxylic acids is 2. The second kappa shape index (κ2) is 9.06. The molecule has 1 fully saturated rings. The first kappa shape index (κ1) is 20.8. The summed E-state index contributed by atoms with van der Waals surface area (Å²) in [6, 6.07) is 11.7. The van der Waals surface area contributed by atoms with Crippen LogP contribution in [0, 0.1) is 0 Å². The molecule has 2 aromatic carbocycles. The molecule has 1 amide bonds. The van der Waals surface area contributed by atoms with Crippen LogP contribution in [0.1, 0.15) is 33.6 Å². The average molecular weight is 418 g/mol. The van der Waals surface area contributed by atoms with E-state index in [2.05, 4.69) is 14.8 Å². The molecule has 9 heteroatoms. The summed E-state index contributed by atoms with van der Waals surface area (Å²) in [6.45, 7) is 1.06. The minimum absolute atomic E-state index is 0.0175. The Kier molecular flexibility index (Phi) is 6.50. The van der Waals surface area contributed by atoms with Crippen molar-refractivity contribution >= 4 is 27.6 Å². The monoisotopic (exact) mass is 418 g/mol. The fourth-order valence-electron chi connectivity index (χ4n) is 2.97. The number of para-hydroxylation sites is 1. The number of anilines is 1. The Labute approximate surface area is 169 Å². The molecule has 1 aliphatic rings. The molecule has 1 unspecified atom stereocenters. The molecule has 0 aliphatic carbocycles.